The number of nitro groups is 1. The van der Waals surface area contributed by atoms with Crippen molar-refractivity contribution in [3.63, 3.8) is 0 Å². The minimum Gasteiger partial charge on any atom is -0.497 e. The molecule has 0 unspecified atom stereocenters. The second kappa shape index (κ2) is 15.0. The second-order valence-electron chi connectivity index (χ2n) is 11.4. The van der Waals surface area contributed by atoms with Crippen molar-refractivity contribution in [2.24, 2.45) is 0 Å². The number of hydrogen-bond donors (Lipinski definition) is 1. The number of nitro benzene ring substituents is 1. The Balaban J connectivity index is 1.77. The number of amides is 2. The highest BCUT2D eigenvalue weighted by atomic mass is 32.2. The molecule has 1 N–H and O–H groups in total. The van der Waals surface area contributed by atoms with Crippen LogP contribution in [0.5, 0.6) is 5.75 Å². The predicted octanol–water partition coefficient (Wildman–Crippen LogP) is 4.77. The summed E-state index contributed by atoms with van der Waals surface area (Å²) in [5, 5.41) is 14.7. The smallest absolute Gasteiger partial charge is 0.271 e. The number of benzene rings is 3. The molecule has 4 rings (SSSR count). The Hall–Kier alpha value is -4.45. The van der Waals surface area contributed by atoms with Crippen LogP contribution < -0.4 is 14.4 Å². The lowest BCUT2D eigenvalue weighted by molar-refractivity contribution is -0.384. The molecule has 0 bridgehead atoms. The van der Waals surface area contributed by atoms with Gasteiger partial charge in [-0.2, -0.15) is 0 Å². The van der Waals surface area contributed by atoms with Crippen molar-refractivity contribution < 1.29 is 27.7 Å². The molecule has 1 aliphatic carbocycles. The quantitative estimate of drug-likeness (QED) is 0.211. The van der Waals surface area contributed by atoms with E-state index in [2.05, 4.69) is 5.32 Å². The molecule has 0 aliphatic heterocycles. The molecular formula is C33H40N4O7S. The summed E-state index contributed by atoms with van der Waals surface area (Å²) in [4.78, 5) is 40.8. The zero-order valence-electron chi connectivity index (χ0n) is 25.8. The molecule has 0 spiro atoms. The van der Waals surface area contributed by atoms with Crippen molar-refractivity contribution in [1.82, 2.24) is 10.2 Å². The first kappa shape index (κ1) is 33.4. The number of hydrogen-bond acceptors (Lipinski definition) is 7. The number of sulfonamides is 1. The standard InChI is InChI=1S/C33H40N4O7S/c1-24-17-18-28(37(40)41)21-30(24)36(45(3,42)43)23-32(38)35(22-26-13-10-16-29(19-26)44-2)31(20-25-11-6-4-7-12-25)33(39)34-27-14-8-5-9-15-27/h4,6-7,10-13,16-19,21,27,31H,5,8-9,14-15,20,22-23H2,1-3H3,(H,34,39)/t31-/m0/s1. The van der Waals surface area contributed by atoms with E-state index in [0.717, 1.165) is 54.3 Å². The summed E-state index contributed by atoms with van der Waals surface area (Å²) >= 11 is 0. The third kappa shape index (κ3) is 9.04. The molecule has 3 aromatic rings. The topological polar surface area (TPSA) is 139 Å². The SMILES string of the molecule is COc1cccc(CN(C(=O)CN(c2cc([N+](=O)[O-])ccc2C)S(C)(=O)=O)[C@@H](Cc2ccccc2)C(=O)NC2CCCCC2)c1. The highest BCUT2D eigenvalue weighted by Crippen LogP contribution is 2.28. The highest BCUT2D eigenvalue weighted by Gasteiger charge is 2.34. The highest BCUT2D eigenvalue weighted by molar-refractivity contribution is 7.92. The number of rotatable bonds is 13. The van der Waals surface area contributed by atoms with E-state index in [0.29, 0.717) is 16.9 Å². The van der Waals surface area contributed by atoms with E-state index in [9.17, 15) is 28.1 Å². The maximum atomic E-state index is 14.4. The van der Waals surface area contributed by atoms with E-state index in [1.165, 1.54) is 24.1 Å². The summed E-state index contributed by atoms with van der Waals surface area (Å²) in [5.74, 6) is -0.385. The molecule has 3 aromatic carbocycles. The second-order valence-corrected chi connectivity index (χ2v) is 13.3. The number of ether oxygens (including phenoxy) is 1. The summed E-state index contributed by atoms with van der Waals surface area (Å²) in [6.45, 7) is 0.954. The van der Waals surface area contributed by atoms with Gasteiger partial charge in [0.05, 0.1) is 24.0 Å². The Morgan fingerprint density at radius 3 is 2.33 bits per heavy atom. The van der Waals surface area contributed by atoms with Gasteiger partial charge in [-0.05, 0) is 48.6 Å². The van der Waals surface area contributed by atoms with Crippen molar-refractivity contribution in [1.29, 1.82) is 0 Å². The summed E-state index contributed by atoms with van der Waals surface area (Å²) < 4.78 is 32.5. The van der Waals surface area contributed by atoms with E-state index in [-0.39, 0.29) is 36.3 Å². The van der Waals surface area contributed by atoms with Crippen LogP contribution in [0.3, 0.4) is 0 Å². The number of carbonyl (C=O) groups excluding carboxylic acids is 2. The van der Waals surface area contributed by atoms with E-state index >= 15 is 0 Å². The molecule has 45 heavy (non-hydrogen) atoms. The van der Waals surface area contributed by atoms with Gasteiger partial charge in [-0.3, -0.25) is 24.0 Å². The number of methoxy groups -OCH3 is 1. The fourth-order valence-electron chi connectivity index (χ4n) is 5.64. The Labute approximate surface area is 264 Å². The fourth-order valence-corrected chi connectivity index (χ4v) is 6.54. The molecular weight excluding hydrogens is 596 g/mol. The van der Waals surface area contributed by atoms with Crippen molar-refractivity contribution in [3.8, 4) is 5.75 Å². The average molecular weight is 637 g/mol. The molecule has 2 amide bonds. The molecule has 11 nitrogen and oxygen atoms in total. The van der Waals surface area contributed by atoms with Crippen LogP contribution in [0.2, 0.25) is 0 Å². The van der Waals surface area contributed by atoms with Crippen LogP contribution in [0.25, 0.3) is 0 Å². The lowest BCUT2D eigenvalue weighted by Gasteiger charge is -2.35. The minimum absolute atomic E-state index is 0.00284. The number of aryl methyl sites for hydroxylation is 1. The molecule has 0 aromatic heterocycles. The fraction of sp³-hybridized carbons (Fsp3) is 0.394. The summed E-state index contributed by atoms with van der Waals surface area (Å²) in [6, 6.07) is 19.3. The third-order valence-corrected chi connectivity index (χ3v) is 9.19. The van der Waals surface area contributed by atoms with Gasteiger partial charge in [-0.1, -0.05) is 67.8 Å². The van der Waals surface area contributed by atoms with E-state index in [1.807, 2.05) is 30.3 Å². The van der Waals surface area contributed by atoms with Crippen LogP contribution in [0.15, 0.2) is 72.8 Å². The maximum absolute atomic E-state index is 14.4. The average Bonchev–Trinajstić information content (AvgIpc) is 3.02. The van der Waals surface area contributed by atoms with Gasteiger partial charge in [-0.15, -0.1) is 0 Å². The number of carbonyl (C=O) groups is 2. The van der Waals surface area contributed by atoms with Crippen molar-refractivity contribution in [2.45, 2.75) is 64.1 Å². The zero-order chi connectivity index (χ0) is 32.6. The first-order valence-electron chi connectivity index (χ1n) is 15.0. The monoisotopic (exact) mass is 636 g/mol. The minimum atomic E-state index is -4.08. The first-order valence-corrected chi connectivity index (χ1v) is 16.8. The van der Waals surface area contributed by atoms with Crippen LogP contribution in [0.4, 0.5) is 11.4 Å². The summed E-state index contributed by atoms with van der Waals surface area (Å²) in [5.41, 5.74) is 1.67. The number of non-ortho nitro benzene ring substituents is 1. The van der Waals surface area contributed by atoms with E-state index < -0.39 is 33.4 Å². The number of nitrogens with one attached hydrogen (secondary N) is 1. The van der Waals surface area contributed by atoms with Gasteiger partial charge in [-0.25, -0.2) is 8.42 Å². The van der Waals surface area contributed by atoms with Crippen LogP contribution in [0, 0.1) is 17.0 Å². The van der Waals surface area contributed by atoms with Gasteiger partial charge >= 0.3 is 0 Å². The van der Waals surface area contributed by atoms with Gasteiger partial charge in [0, 0.05) is 31.1 Å². The molecule has 1 fully saturated rings. The molecule has 1 atom stereocenters. The lowest BCUT2D eigenvalue weighted by Crippen LogP contribution is -2.55. The summed E-state index contributed by atoms with van der Waals surface area (Å²) in [6.07, 6.45) is 5.97. The Kier molecular flexibility index (Phi) is 11.2. The van der Waals surface area contributed by atoms with Gasteiger partial charge in [0.2, 0.25) is 21.8 Å². The molecule has 1 aliphatic rings. The Morgan fingerprint density at radius 2 is 1.69 bits per heavy atom. The predicted molar refractivity (Wildman–Crippen MR) is 173 cm³/mol. The molecule has 0 heterocycles. The van der Waals surface area contributed by atoms with Gasteiger partial charge in [0.1, 0.15) is 18.3 Å². The summed E-state index contributed by atoms with van der Waals surface area (Å²) in [7, 11) is -2.55. The van der Waals surface area contributed by atoms with Crippen LogP contribution in [-0.4, -0.2) is 62.0 Å². The van der Waals surface area contributed by atoms with Crippen LogP contribution in [-0.2, 0) is 32.6 Å². The molecule has 1 saturated carbocycles. The molecule has 0 radical (unpaired) electrons. The van der Waals surface area contributed by atoms with Gasteiger partial charge in [0.25, 0.3) is 5.69 Å². The first-order chi connectivity index (χ1) is 21.5. The van der Waals surface area contributed by atoms with E-state index in [1.54, 1.807) is 31.2 Å². The Morgan fingerprint density at radius 1 is 1.00 bits per heavy atom. The van der Waals surface area contributed by atoms with Crippen molar-refractivity contribution in [3.05, 3.63) is 99.6 Å². The largest absolute Gasteiger partial charge is 0.497 e. The van der Waals surface area contributed by atoms with Gasteiger partial charge < -0.3 is 15.0 Å². The molecule has 0 saturated heterocycles. The van der Waals surface area contributed by atoms with Gasteiger partial charge in [0.15, 0.2) is 0 Å². The molecule has 12 heteroatoms. The normalized spacial score (nSPS) is 14.3. The van der Waals surface area contributed by atoms with E-state index in [4.69, 9.17) is 4.74 Å². The number of anilines is 1. The third-order valence-electron chi connectivity index (χ3n) is 8.06. The Bertz CT molecular complexity index is 1610. The maximum Gasteiger partial charge on any atom is 0.271 e. The molecule has 240 valence electrons. The van der Waals surface area contributed by atoms with Crippen molar-refractivity contribution in [2.75, 3.05) is 24.2 Å². The number of nitrogens with zero attached hydrogens (tertiary/aromatic N) is 3. The van der Waals surface area contributed by atoms with Crippen LogP contribution in [0.1, 0.15) is 48.8 Å². The van der Waals surface area contributed by atoms with Crippen LogP contribution >= 0.6 is 0 Å². The zero-order valence-corrected chi connectivity index (χ0v) is 26.7. The lowest BCUT2D eigenvalue weighted by atomic mass is 9.94. The van der Waals surface area contributed by atoms with Crippen molar-refractivity contribution >= 4 is 33.2 Å².